The lowest BCUT2D eigenvalue weighted by molar-refractivity contribution is -0.157. The van der Waals surface area contributed by atoms with Crippen LogP contribution in [0.15, 0.2) is 54.6 Å². The molecule has 3 heteroatoms. The molecule has 0 spiro atoms. The highest BCUT2D eigenvalue weighted by molar-refractivity contribution is 5.88. The first-order chi connectivity index (χ1) is 11.8. The van der Waals surface area contributed by atoms with E-state index in [1.807, 2.05) is 58.9 Å². The zero-order valence-electron chi connectivity index (χ0n) is 15.6. The van der Waals surface area contributed by atoms with E-state index in [-0.39, 0.29) is 12.6 Å². The number of benzene rings is 2. The molecule has 0 saturated carbocycles. The first-order valence-corrected chi connectivity index (χ1v) is 8.50. The zero-order valence-corrected chi connectivity index (χ0v) is 15.6. The van der Waals surface area contributed by atoms with Crippen LogP contribution < -0.4 is 4.74 Å². The molecule has 0 fully saturated rings. The predicted octanol–water partition coefficient (Wildman–Crippen LogP) is 5.54. The third-order valence-corrected chi connectivity index (χ3v) is 3.58. The summed E-state index contributed by atoms with van der Waals surface area (Å²) in [6, 6.07) is 12.1. The first-order valence-electron chi connectivity index (χ1n) is 8.50. The van der Waals surface area contributed by atoms with Crippen molar-refractivity contribution in [3.8, 4) is 5.75 Å². The monoisotopic (exact) mass is 338 g/mol. The average molecular weight is 338 g/mol. The molecule has 0 heterocycles. The van der Waals surface area contributed by atoms with Crippen molar-refractivity contribution in [1.82, 2.24) is 0 Å². The molecule has 0 aliphatic carbocycles. The van der Waals surface area contributed by atoms with Crippen LogP contribution in [0.4, 0.5) is 0 Å². The molecule has 0 N–H and O–H groups in total. The van der Waals surface area contributed by atoms with Crippen molar-refractivity contribution in [2.45, 2.75) is 40.2 Å². The van der Waals surface area contributed by atoms with E-state index in [0.717, 1.165) is 10.8 Å². The van der Waals surface area contributed by atoms with Gasteiger partial charge in [0.2, 0.25) is 0 Å². The van der Waals surface area contributed by atoms with E-state index < -0.39 is 5.60 Å². The Morgan fingerprint density at radius 2 is 1.72 bits per heavy atom. The molecule has 0 bridgehead atoms. The SMILES string of the molecule is C/C=C\C(=C/C)c1ccc2cc(OCC(=O)OC(C)(C)C)ccc2c1. The number of esters is 1. The van der Waals surface area contributed by atoms with E-state index >= 15 is 0 Å². The summed E-state index contributed by atoms with van der Waals surface area (Å²) in [7, 11) is 0. The Kier molecular flexibility index (Phi) is 6.02. The van der Waals surface area contributed by atoms with Gasteiger partial charge in [0.05, 0.1) is 0 Å². The fraction of sp³-hybridized carbons (Fsp3) is 0.318. The van der Waals surface area contributed by atoms with Crippen LogP contribution in [-0.4, -0.2) is 18.2 Å². The van der Waals surface area contributed by atoms with E-state index in [2.05, 4.69) is 30.4 Å². The van der Waals surface area contributed by atoms with Crippen molar-refractivity contribution in [2.24, 2.45) is 0 Å². The second-order valence-corrected chi connectivity index (χ2v) is 6.84. The van der Waals surface area contributed by atoms with Crippen LogP contribution in [-0.2, 0) is 9.53 Å². The van der Waals surface area contributed by atoms with Gasteiger partial charge in [-0.1, -0.05) is 36.4 Å². The third kappa shape index (κ3) is 5.49. The van der Waals surface area contributed by atoms with Gasteiger partial charge in [0, 0.05) is 0 Å². The molecule has 0 aliphatic rings. The summed E-state index contributed by atoms with van der Waals surface area (Å²) in [6.45, 7) is 9.47. The summed E-state index contributed by atoms with van der Waals surface area (Å²) < 4.78 is 10.8. The summed E-state index contributed by atoms with van der Waals surface area (Å²) >= 11 is 0. The molecule has 0 saturated heterocycles. The minimum Gasteiger partial charge on any atom is -0.482 e. The zero-order chi connectivity index (χ0) is 18.4. The maximum absolute atomic E-state index is 11.7. The summed E-state index contributed by atoms with van der Waals surface area (Å²) in [5.74, 6) is 0.290. The van der Waals surface area contributed by atoms with Gasteiger partial charge in [0.25, 0.3) is 0 Å². The van der Waals surface area contributed by atoms with Gasteiger partial charge in [0.1, 0.15) is 11.4 Å². The standard InChI is InChI=1S/C22H26O3/c1-6-8-16(7-2)17-9-10-19-14-20(12-11-18(19)13-17)24-15-21(23)25-22(3,4)5/h6-14H,15H2,1-5H3/b8-6-,16-7+. The Labute approximate surface area is 150 Å². The predicted molar refractivity (Wildman–Crippen MR) is 104 cm³/mol. The highest BCUT2D eigenvalue weighted by Gasteiger charge is 2.16. The lowest BCUT2D eigenvalue weighted by atomic mass is 10.0. The number of carbonyl (C=O) groups excluding carboxylic acids is 1. The van der Waals surface area contributed by atoms with Crippen LogP contribution in [0.2, 0.25) is 0 Å². The molecule has 0 atom stereocenters. The molecule has 0 aliphatic heterocycles. The van der Waals surface area contributed by atoms with Crippen molar-refractivity contribution < 1.29 is 14.3 Å². The summed E-state index contributed by atoms with van der Waals surface area (Å²) in [5, 5.41) is 2.20. The van der Waals surface area contributed by atoms with Gasteiger partial charge >= 0.3 is 5.97 Å². The molecular weight excluding hydrogens is 312 g/mol. The Morgan fingerprint density at radius 1 is 1.04 bits per heavy atom. The number of fused-ring (bicyclic) bond motifs is 1. The fourth-order valence-corrected chi connectivity index (χ4v) is 2.55. The van der Waals surface area contributed by atoms with Crippen LogP contribution in [0.1, 0.15) is 40.2 Å². The third-order valence-electron chi connectivity index (χ3n) is 3.58. The second kappa shape index (κ2) is 8.02. The van der Waals surface area contributed by atoms with Gasteiger partial charge < -0.3 is 9.47 Å². The number of hydrogen-bond donors (Lipinski definition) is 0. The van der Waals surface area contributed by atoms with Crippen LogP contribution in [0.5, 0.6) is 5.75 Å². The number of allylic oxidation sites excluding steroid dienone is 4. The lowest BCUT2D eigenvalue weighted by Crippen LogP contribution is -2.27. The second-order valence-electron chi connectivity index (χ2n) is 6.84. The van der Waals surface area contributed by atoms with Gasteiger partial charge in [-0.05, 0) is 74.7 Å². The molecule has 132 valence electrons. The van der Waals surface area contributed by atoms with Crippen LogP contribution in [0.3, 0.4) is 0 Å². The molecule has 2 aromatic carbocycles. The Morgan fingerprint density at radius 3 is 2.36 bits per heavy atom. The fourth-order valence-electron chi connectivity index (χ4n) is 2.55. The molecule has 2 aromatic rings. The quantitative estimate of drug-likeness (QED) is 0.530. The number of carbonyl (C=O) groups is 1. The van der Waals surface area contributed by atoms with E-state index in [9.17, 15) is 4.79 Å². The van der Waals surface area contributed by atoms with Gasteiger partial charge in [-0.2, -0.15) is 0 Å². The molecule has 3 nitrogen and oxygen atoms in total. The van der Waals surface area contributed by atoms with E-state index in [4.69, 9.17) is 9.47 Å². The molecule has 0 amide bonds. The minimum absolute atomic E-state index is 0.0924. The van der Waals surface area contributed by atoms with Crippen LogP contribution in [0.25, 0.3) is 16.3 Å². The Balaban J connectivity index is 2.14. The number of hydrogen-bond acceptors (Lipinski definition) is 3. The van der Waals surface area contributed by atoms with E-state index in [1.165, 1.54) is 11.1 Å². The van der Waals surface area contributed by atoms with Gasteiger partial charge in [0.15, 0.2) is 6.61 Å². The van der Waals surface area contributed by atoms with Gasteiger partial charge in [-0.15, -0.1) is 0 Å². The van der Waals surface area contributed by atoms with Crippen molar-refractivity contribution >= 4 is 22.3 Å². The van der Waals surface area contributed by atoms with Crippen molar-refractivity contribution in [3.05, 3.63) is 60.2 Å². The smallest absolute Gasteiger partial charge is 0.344 e. The van der Waals surface area contributed by atoms with Crippen molar-refractivity contribution in [2.75, 3.05) is 6.61 Å². The van der Waals surface area contributed by atoms with Crippen molar-refractivity contribution in [3.63, 3.8) is 0 Å². The highest BCUT2D eigenvalue weighted by Crippen LogP contribution is 2.25. The van der Waals surface area contributed by atoms with Gasteiger partial charge in [-0.25, -0.2) is 4.79 Å². The summed E-state index contributed by atoms with van der Waals surface area (Å²) in [6.07, 6.45) is 6.23. The number of ether oxygens (including phenoxy) is 2. The maximum atomic E-state index is 11.7. The number of rotatable bonds is 5. The van der Waals surface area contributed by atoms with Crippen LogP contribution in [0, 0.1) is 0 Å². The summed E-state index contributed by atoms with van der Waals surface area (Å²) in [5.41, 5.74) is 1.86. The van der Waals surface area contributed by atoms with Crippen molar-refractivity contribution in [1.29, 1.82) is 0 Å². The maximum Gasteiger partial charge on any atom is 0.344 e. The lowest BCUT2D eigenvalue weighted by Gasteiger charge is -2.19. The minimum atomic E-state index is -0.502. The molecule has 2 rings (SSSR count). The largest absolute Gasteiger partial charge is 0.482 e. The molecule has 25 heavy (non-hydrogen) atoms. The topological polar surface area (TPSA) is 35.5 Å². The van der Waals surface area contributed by atoms with Crippen LogP contribution >= 0.6 is 0 Å². The Hall–Kier alpha value is -2.55. The molecule has 0 unspecified atom stereocenters. The first kappa shape index (κ1) is 18.8. The molecule has 0 radical (unpaired) electrons. The normalized spacial score (nSPS) is 12.6. The van der Waals surface area contributed by atoms with Gasteiger partial charge in [-0.3, -0.25) is 0 Å². The summed E-state index contributed by atoms with van der Waals surface area (Å²) in [4.78, 5) is 11.7. The van der Waals surface area contributed by atoms with E-state index in [0.29, 0.717) is 5.75 Å². The molecule has 0 aromatic heterocycles. The molecular formula is C22H26O3. The highest BCUT2D eigenvalue weighted by atomic mass is 16.6. The van der Waals surface area contributed by atoms with E-state index in [1.54, 1.807) is 0 Å². The average Bonchev–Trinajstić information content (AvgIpc) is 2.55. The Bertz CT molecular complexity index is 808.